The number of thioether (sulfide) groups is 1. The van der Waals surface area contributed by atoms with Gasteiger partial charge < -0.3 is 10.0 Å². The maximum absolute atomic E-state index is 12.6. The van der Waals surface area contributed by atoms with E-state index in [0.717, 1.165) is 19.3 Å². The zero-order valence-electron chi connectivity index (χ0n) is 12.2. The minimum Gasteiger partial charge on any atom is -0.480 e. The van der Waals surface area contributed by atoms with Crippen molar-refractivity contribution in [2.45, 2.75) is 57.4 Å². The van der Waals surface area contributed by atoms with Gasteiger partial charge in [-0.2, -0.15) is 0 Å². The summed E-state index contributed by atoms with van der Waals surface area (Å²) in [6, 6.07) is -0.663. The van der Waals surface area contributed by atoms with Crippen molar-refractivity contribution in [3.63, 3.8) is 0 Å². The van der Waals surface area contributed by atoms with Gasteiger partial charge in [0.1, 0.15) is 6.04 Å². The van der Waals surface area contributed by atoms with Crippen LogP contribution < -0.4 is 0 Å². The van der Waals surface area contributed by atoms with Gasteiger partial charge in [0.05, 0.1) is 5.37 Å². The molecule has 4 nitrogen and oxygen atoms in total. The smallest absolute Gasteiger partial charge is 0.327 e. The summed E-state index contributed by atoms with van der Waals surface area (Å²) in [5.74, 6) is -0.127. The van der Waals surface area contributed by atoms with E-state index in [2.05, 4.69) is 6.08 Å². The minimum absolute atomic E-state index is 0.00668. The van der Waals surface area contributed by atoms with E-state index in [4.69, 9.17) is 0 Å². The fraction of sp³-hybridized carbons (Fsp3) is 0.733. The van der Waals surface area contributed by atoms with Gasteiger partial charge in [0.2, 0.25) is 5.91 Å². The molecule has 2 unspecified atom stereocenters. The quantitative estimate of drug-likeness (QED) is 0.811. The molecule has 0 aromatic heterocycles. The predicted octanol–water partition coefficient (Wildman–Crippen LogP) is 2.89. The maximum atomic E-state index is 12.6. The Morgan fingerprint density at radius 2 is 2.20 bits per heavy atom. The molecule has 1 heterocycles. The van der Waals surface area contributed by atoms with E-state index in [9.17, 15) is 14.7 Å². The number of nitrogens with zero attached hydrogens (tertiary/aromatic N) is 1. The first-order valence-corrected chi connectivity index (χ1v) is 8.39. The van der Waals surface area contributed by atoms with Crippen molar-refractivity contribution in [3.05, 3.63) is 11.6 Å². The average Bonchev–Trinajstić information content (AvgIpc) is 2.84. The Morgan fingerprint density at radius 3 is 2.75 bits per heavy atom. The van der Waals surface area contributed by atoms with Gasteiger partial charge in [0.25, 0.3) is 0 Å². The molecule has 1 N–H and O–H groups in total. The highest BCUT2D eigenvalue weighted by Crippen LogP contribution is 2.35. The van der Waals surface area contributed by atoms with Crippen molar-refractivity contribution in [2.75, 3.05) is 5.75 Å². The lowest BCUT2D eigenvalue weighted by Crippen LogP contribution is -2.47. The fourth-order valence-corrected chi connectivity index (χ4v) is 4.39. The lowest BCUT2D eigenvalue weighted by molar-refractivity contribution is -0.149. The Balaban J connectivity index is 2.10. The first-order valence-electron chi connectivity index (χ1n) is 7.34. The van der Waals surface area contributed by atoms with Crippen molar-refractivity contribution in [2.24, 2.45) is 5.92 Å². The number of aliphatic carboxylic acids is 1. The highest BCUT2D eigenvalue weighted by atomic mass is 32.2. The first-order chi connectivity index (χ1) is 9.50. The number of carbonyl (C=O) groups excluding carboxylic acids is 1. The molecule has 0 aromatic carbocycles. The van der Waals surface area contributed by atoms with Crippen molar-refractivity contribution < 1.29 is 14.7 Å². The summed E-state index contributed by atoms with van der Waals surface area (Å²) in [4.78, 5) is 25.5. The number of rotatable bonds is 4. The SMILES string of the molecule is CC(C)C1SCC(C(=O)O)N1C(=O)CC1=CCCCC1. The third kappa shape index (κ3) is 3.37. The van der Waals surface area contributed by atoms with Gasteiger partial charge in [-0.3, -0.25) is 4.79 Å². The van der Waals surface area contributed by atoms with Gasteiger partial charge >= 0.3 is 5.97 Å². The third-order valence-corrected chi connectivity index (χ3v) is 5.56. The molecule has 2 aliphatic rings. The molecule has 20 heavy (non-hydrogen) atoms. The van der Waals surface area contributed by atoms with Crippen molar-refractivity contribution in [1.29, 1.82) is 0 Å². The number of carboxylic acids is 1. The molecule has 1 fully saturated rings. The summed E-state index contributed by atoms with van der Waals surface area (Å²) in [6.45, 7) is 4.09. The van der Waals surface area contributed by atoms with Gasteiger partial charge in [-0.15, -0.1) is 11.8 Å². The van der Waals surface area contributed by atoms with Crippen LogP contribution in [0.3, 0.4) is 0 Å². The molecule has 1 aliphatic heterocycles. The van der Waals surface area contributed by atoms with Crippen molar-refractivity contribution in [1.82, 2.24) is 4.90 Å². The Hall–Kier alpha value is -0.970. The molecule has 1 aliphatic carbocycles. The molecular weight excluding hydrogens is 274 g/mol. The second-order valence-corrected chi connectivity index (χ2v) is 7.06. The second kappa shape index (κ2) is 6.66. The largest absolute Gasteiger partial charge is 0.480 e. The summed E-state index contributed by atoms with van der Waals surface area (Å²) in [6.07, 6.45) is 6.93. The van der Waals surface area contributed by atoms with E-state index in [1.54, 1.807) is 16.7 Å². The number of carbonyl (C=O) groups is 2. The molecule has 1 saturated heterocycles. The number of hydrogen-bond donors (Lipinski definition) is 1. The second-order valence-electron chi connectivity index (χ2n) is 5.91. The molecule has 2 rings (SSSR count). The van der Waals surface area contributed by atoms with Crippen LogP contribution in [0.5, 0.6) is 0 Å². The molecule has 0 aromatic rings. The van der Waals surface area contributed by atoms with Crippen LogP contribution in [0, 0.1) is 5.92 Å². The van der Waals surface area contributed by atoms with Crippen LogP contribution in [0.4, 0.5) is 0 Å². The van der Waals surface area contributed by atoms with Crippen molar-refractivity contribution in [3.8, 4) is 0 Å². The van der Waals surface area contributed by atoms with Crippen LogP contribution in [-0.4, -0.2) is 39.1 Å². The standard InChI is InChI=1S/C15H23NO3S/c1-10(2)14-16(12(9-20-14)15(18)19)13(17)8-11-6-4-3-5-7-11/h6,10,12,14H,3-5,7-9H2,1-2H3,(H,18,19). The highest BCUT2D eigenvalue weighted by molar-refractivity contribution is 8.00. The van der Waals surface area contributed by atoms with Crippen LogP contribution in [0.15, 0.2) is 11.6 Å². The number of amides is 1. The topological polar surface area (TPSA) is 57.6 Å². The third-order valence-electron chi connectivity index (χ3n) is 3.94. The lowest BCUT2D eigenvalue weighted by Gasteiger charge is -2.30. The number of hydrogen-bond acceptors (Lipinski definition) is 3. The summed E-state index contributed by atoms with van der Waals surface area (Å²) >= 11 is 1.59. The zero-order valence-corrected chi connectivity index (χ0v) is 13.0. The molecule has 0 radical (unpaired) electrons. The summed E-state index contributed by atoms with van der Waals surface area (Å²) in [7, 11) is 0. The Bertz CT molecular complexity index is 419. The van der Waals surface area contributed by atoms with Gasteiger partial charge in [0.15, 0.2) is 0 Å². The predicted molar refractivity (Wildman–Crippen MR) is 80.5 cm³/mol. The average molecular weight is 297 g/mol. The molecule has 1 amide bonds. The fourth-order valence-electron chi connectivity index (χ4n) is 2.90. The van der Waals surface area contributed by atoms with E-state index in [0.29, 0.717) is 12.2 Å². The van der Waals surface area contributed by atoms with Crippen LogP contribution >= 0.6 is 11.8 Å². The van der Waals surface area contributed by atoms with Gasteiger partial charge in [-0.05, 0) is 31.6 Å². The Kier molecular flexibility index (Phi) is 5.13. The van der Waals surface area contributed by atoms with Crippen LogP contribution in [0.2, 0.25) is 0 Å². The monoisotopic (exact) mass is 297 g/mol. The molecule has 0 saturated carbocycles. The molecule has 2 atom stereocenters. The van der Waals surface area contributed by atoms with Gasteiger partial charge in [0, 0.05) is 12.2 Å². The zero-order chi connectivity index (χ0) is 14.7. The van der Waals surface area contributed by atoms with Gasteiger partial charge in [-0.25, -0.2) is 4.79 Å². The molecule has 0 spiro atoms. The normalized spacial score (nSPS) is 26.8. The maximum Gasteiger partial charge on any atom is 0.327 e. The molecule has 0 bridgehead atoms. The number of allylic oxidation sites excluding steroid dienone is 1. The van der Waals surface area contributed by atoms with Crippen molar-refractivity contribution >= 4 is 23.6 Å². The van der Waals surface area contributed by atoms with E-state index in [-0.39, 0.29) is 17.2 Å². The summed E-state index contributed by atoms with van der Waals surface area (Å²) in [5, 5.41) is 9.31. The molecule has 112 valence electrons. The van der Waals surface area contributed by atoms with E-state index in [1.807, 2.05) is 13.8 Å². The van der Waals surface area contributed by atoms with Gasteiger partial charge in [-0.1, -0.05) is 25.5 Å². The van der Waals surface area contributed by atoms with Crippen LogP contribution in [0.1, 0.15) is 46.0 Å². The van der Waals surface area contributed by atoms with E-state index < -0.39 is 12.0 Å². The minimum atomic E-state index is -0.883. The van der Waals surface area contributed by atoms with E-state index in [1.165, 1.54) is 12.0 Å². The highest BCUT2D eigenvalue weighted by Gasteiger charge is 2.42. The summed E-state index contributed by atoms with van der Waals surface area (Å²) in [5.41, 5.74) is 1.18. The Morgan fingerprint density at radius 1 is 1.45 bits per heavy atom. The molecule has 5 heteroatoms. The van der Waals surface area contributed by atoms with Crippen LogP contribution in [-0.2, 0) is 9.59 Å². The van der Waals surface area contributed by atoms with E-state index >= 15 is 0 Å². The summed E-state index contributed by atoms with van der Waals surface area (Å²) < 4.78 is 0. The first kappa shape index (κ1) is 15.4. The van der Waals surface area contributed by atoms with Crippen LogP contribution in [0.25, 0.3) is 0 Å². The number of carboxylic acid groups (broad SMARTS) is 1. The Labute approximate surface area is 124 Å². The molecular formula is C15H23NO3S. The lowest BCUT2D eigenvalue weighted by atomic mass is 9.96.